The van der Waals surface area contributed by atoms with E-state index in [2.05, 4.69) is 10.5 Å². The van der Waals surface area contributed by atoms with Crippen molar-refractivity contribution in [2.24, 2.45) is 22.9 Å². The van der Waals surface area contributed by atoms with Crippen molar-refractivity contribution < 1.29 is 4.79 Å². The molecule has 1 N–H and O–H groups in total. The zero-order valence-corrected chi connectivity index (χ0v) is 12.5. The van der Waals surface area contributed by atoms with Crippen LogP contribution in [0.3, 0.4) is 0 Å². The number of hydrazone groups is 1. The quantitative estimate of drug-likeness (QED) is 0.668. The number of carbonyl (C=O) groups excluding carboxylic acids is 1. The van der Waals surface area contributed by atoms with Gasteiger partial charge in [0.1, 0.15) is 0 Å². The van der Waals surface area contributed by atoms with Crippen LogP contribution in [0.25, 0.3) is 0 Å². The maximum Gasteiger partial charge on any atom is 0.243 e. The van der Waals surface area contributed by atoms with E-state index in [4.69, 9.17) is 23.2 Å². The van der Waals surface area contributed by atoms with Gasteiger partial charge in [0.15, 0.2) is 0 Å². The summed E-state index contributed by atoms with van der Waals surface area (Å²) < 4.78 is 0. The summed E-state index contributed by atoms with van der Waals surface area (Å²) in [5.41, 5.74) is 3.37. The van der Waals surface area contributed by atoms with Gasteiger partial charge in [0.05, 0.1) is 11.2 Å². The average Bonchev–Trinajstić information content (AvgIpc) is 3.15. The van der Waals surface area contributed by atoms with E-state index >= 15 is 0 Å². The molecule has 0 radical (unpaired) electrons. The molecule has 1 aromatic rings. The van der Waals surface area contributed by atoms with Crippen molar-refractivity contribution in [3.8, 4) is 0 Å². The summed E-state index contributed by atoms with van der Waals surface area (Å²) in [7, 11) is 0. The number of hydrogen-bond acceptors (Lipinski definition) is 2. The molecule has 3 nitrogen and oxygen atoms in total. The fraction of sp³-hybridized carbons (Fsp3) is 0.467. The zero-order chi connectivity index (χ0) is 14.1. The van der Waals surface area contributed by atoms with Crippen molar-refractivity contribution in [1.29, 1.82) is 0 Å². The first-order chi connectivity index (χ1) is 9.66. The lowest BCUT2D eigenvalue weighted by Gasteiger charge is -2.04. The van der Waals surface area contributed by atoms with Crippen LogP contribution in [0, 0.1) is 17.8 Å². The van der Waals surface area contributed by atoms with Gasteiger partial charge in [-0.15, -0.1) is 0 Å². The Labute approximate surface area is 128 Å². The molecule has 1 unspecified atom stereocenters. The molecule has 106 valence electrons. The number of rotatable bonds is 3. The van der Waals surface area contributed by atoms with Crippen LogP contribution in [-0.4, -0.2) is 12.1 Å². The number of nitrogens with zero attached hydrogens (tertiary/aromatic N) is 1. The molecule has 0 aliphatic heterocycles. The van der Waals surface area contributed by atoms with Crippen LogP contribution in [-0.2, 0) is 4.79 Å². The maximum atomic E-state index is 12.0. The van der Waals surface area contributed by atoms with Gasteiger partial charge in [-0.3, -0.25) is 4.79 Å². The number of hydrogen-bond donors (Lipinski definition) is 1. The molecule has 0 bridgehead atoms. The van der Waals surface area contributed by atoms with Crippen LogP contribution in [0.1, 0.15) is 31.2 Å². The minimum absolute atomic E-state index is 0.0447. The maximum absolute atomic E-state index is 12.0. The van der Waals surface area contributed by atoms with E-state index in [0.717, 1.165) is 5.56 Å². The number of carbonyl (C=O) groups is 1. The highest BCUT2D eigenvalue weighted by Crippen LogP contribution is 2.55. The van der Waals surface area contributed by atoms with Gasteiger partial charge in [0.2, 0.25) is 5.91 Å². The van der Waals surface area contributed by atoms with Crippen LogP contribution in [0.5, 0.6) is 0 Å². The Morgan fingerprint density at radius 2 is 1.95 bits per heavy atom. The minimum Gasteiger partial charge on any atom is -0.273 e. The molecule has 0 aromatic heterocycles. The molecular weight excluding hydrogens is 295 g/mol. The first-order valence-electron chi connectivity index (χ1n) is 6.95. The van der Waals surface area contributed by atoms with E-state index in [9.17, 15) is 4.79 Å². The summed E-state index contributed by atoms with van der Waals surface area (Å²) in [6.07, 6.45) is 6.46. The molecule has 0 spiro atoms. The third kappa shape index (κ3) is 2.84. The van der Waals surface area contributed by atoms with Crippen molar-refractivity contribution in [2.75, 3.05) is 0 Å². The summed E-state index contributed by atoms with van der Waals surface area (Å²) >= 11 is 11.9. The predicted octanol–water partition coefficient (Wildman–Crippen LogP) is 3.88. The molecule has 2 aliphatic carbocycles. The second kappa shape index (κ2) is 5.74. The van der Waals surface area contributed by atoms with Crippen LogP contribution < -0.4 is 5.43 Å². The largest absolute Gasteiger partial charge is 0.273 e. The molecule has 3 rings (SSSR count). The van der Waals surface area contributed by atoms with Gasteiger partial charge in [0, 0.05) is 16.5 Å². The standard InChI is InChI=1S/C15H16Cl2N2O/c16-10-6-5-9(13(17)7-10)8-18-19-15(20)14-11-3-1-2-4-12(11)14/h5-8,11-12,14H,1-4H2,(H,19,20)/b18-8-/t11-,12+,14?. The number of nitrogens with one attached hydrogen (secondary N) is 1. The highest BCUT2D eigenvalue weighted by Gasteiger charge is 2.54. The second-order valence-electron chi connectivity index (χ2n) is 5.54. The zero-order valence-electron chi connectivity index (χ0n) is 11.0. The third-order valence-electron chi connectivity index (χ3n) is 4.30. The van der Waals surface area contributed by atoms with E-state index in [1.165, 1.54) is 25.7 Å². The van der Waals surface area contributed by atoms with Crippen LogP contribution in [0.4, 0.5) is 0 Å². The molecule has 3 atom stereocenters. The molecule has 20 heavy (non-hydrogen) atoms. The van der Waals surface area contributed by atoms with E-state index in [-0.39, 0.29) is 11.8 Å². The SMILES string of the molecule is O=C(N/N=C\c1ccc(Cl)cc1Cl)C1[C@H]2CCCC[C@@H]12. The Kier molecular flexibility index (Phi) is 3.99. The molecule has 2 saturated carbocycles. The van der Waals surface area contributed by atoms with Crippen molar-refractivity contribution >= 4 is 35.3 Å². The molecule has 1 aromatic carbocycles. The summed E-state index contributed by atoms with van der Waals surface area (Å²) in [6, 6.07) is 5.17. The van der Waals surface area contributed by atoms with Gasteiger partial charge >= 0.3 is 0 Å². The number of halogens is 2. The van der Waals surface area contributed by atoms with Crippen LogP contribution in [0.2, 0.25) is 10.0 Å². The van der Waals surface area contributed by atoms with Gasteiger partial charge in [-0.05, 0) is 36.8 Å². The lowest BCUT2D eigenvalue weighted by atomic mass is 10.0. The normalized spacial score (nSPS) is 28.2. The van der Waals surface area contributed by atoms with Gasteiger partial charge in [0.25, 0.3) is 0 Å². The van der Waals surface area contributed by atoms with E-state index in [1.807, 2.05) is 0 Å². The summed E-state index contributed by atoms with van der Waals surface area (Å²) in [6.45, 7) is 0. The molecule has 2 aliphatic rings. The van der Waals surface area contributed by atoms with Gasteiger partial charge in [-0.1, -0.05) is 42.1 Å². The fourth-order valence-corrected chi connectivity index (χ4v) is 3.68. The molecular formula is C15H16Cl2N2O. The van der Waals surface area contributed by atoms with E-state index in [0.29, 0.717) is 21.9 Å². The average molecular weight is 311 g/mol. The Morgan fingerprint density at radius 1 is 1.25 bits per heavy atom. The second-order valence-corrected chi connectivity index (χ2v) is 6.38. The Morgan fingerprint density at radius 3 is 2.60 bits per heavy atom. The van der Waals surface area contributed by atoms with Crippen molar-refractivity contribution in [2.45, 2.75) is 25.7 Å². The summed E-state index contributed by atoms with van der Waals surface area (Å²) in [4.78, 5) is 12.0. The van der Waals surface area contributed by atoms with Crippen molar-refractivity contribution in [1.82, 2.24) is 5.43 Å². The highest BCUT2D eigenvalue weighted by atomic mass is 35.5. The molecule has 5 heteroatoms. The van der Waals surface area contributed by atoms with Crippen LogP contribution in [0.15, 0.2) is 23.3 Å². The fourth-order valence-electron chi connectivity index (χ4n) is 3.23. The van der Waals surface area contributed by atoms with Crippen molar-refractivity contribution in [3.63, 3.8) is 0 Å². The molecule has 1 amide bonds. The Hall–Kier alpha value is -1.06. The first kappa shape index (κ1) is 13.9. The number of benzene rings is 1. The Balaban J connectivity index is 1.56. The lowest BCUT2D eigenvalue weighted by molar-refractivity contribution is -0.122. The first-order valence-corrected chi connectivity index (χ1v) is 7.70. The minimum atomic E-state index is 0.0447. The highest BCUT2D eigenvalue weighted by molar-refractivity contribution is 6.36. The van der Waals surface area contributed by atoms with E-state index < -0.39 is 0 Å². The monoisotopic (exact) mass is 310 g/mol. The van der Waals surface area contributed by atoms with Crippen molar-refractivity contribution in [3.05, 3.63) is 33.8 Å². The molecule has 0 saturated heterocycles. The van der Waals surface area contributed by atoms with Gasteiger partial charge < -0.3 is 0 Å². The molecule has 0 heterocycles. The lowest BCUT2D eigenvalue weighted by Crippen LogP contribution is -2.20. The van der Waals surface area contributed by atoms with E-state index in [1.54, 1.807) is 24.4 Å². The molecule has 2 fully saturated rings. The van der Waals surface area contributed by atoms with Gasteiger partial charge in [-0.25, -0.2) is 5.43 Å². The summed E-state index contributed by atoms with van der Waals surface area (Å²) in [5.74, 6) is 1.41. The third-order valence-corrected chi connectivity index (χ3v) is 4.86. The smallest absolute Gasteiger partial charge is 0.243 e. The van der Waals surface area contributed by atoms with Crippen LogP contribution >= 0.6 is 23.2 Å². The number of amides is 1. The topological polar surface area (TPSA) is 41.5 Å². The number of fused-ring (bicyclic) bond motifs is 1. The summed E-state index contributed by atoms with van der Waals surface area (Å²) in [5, 5.41) is 5.10. The Bertz CT molecular complexity index is 547. The predicted molar refractivity (Wildman–Crippen MR) is 81.1 cm³/mol. The van der Waals surface area contributed by atoms with Gasteiger partial charge in [-0.2, -0.15) is 5.10 Å².